The number of hydrogen-bond acceptors (Lipinski definition) is 5. The maximum absolute atomic E-state index is 5.57. The average Bonchev–Trinajstić information content (AvgIpc) is 2.03. The van der Waals surface area contributed by atoms with Crippen LogP contribution in [0.3, 0.4) is 0 Å². The van der Waals surface area contributed by atoms with Crippen LogP contribution in [0.2, 0.25) is 0 Å². The van der Waals surface area contributed by atoms with E-state index in [4.69, 9.17) is 10.5 Å². The molecule has 13 heavy (non-hydrogen) atoms. The predicted molar refractivity (Wildman–Crippen MR) is 51.9 cm³/mol. The van der Waals surface area contributed by atoms with Crippen LogP contribution in [-0.2, 0) is 0 Å². The Balaban J connectivity index is 2.96. The average molecular weight is 182 g/mol. The summed E-state index contributed by atoms with van der Waals surface area (Å²) in [4.78, 5) is 9.91. The zero-order valence-corrected chi connectivity index (χ0v) is 8.11. The highest BCUT2D eigenvalue weighted by atomic mass is 16.5. The standard InChI is InChI=1S/C8H14N4O/c1-4-13-8-10-6(9)5-7(11-8)12(2)3/h5H,4H2,1-3H3,(H2,9,10,11). The van der Waals surface area contributed by atoms with E-state index in [0.29, 0.717) is 18.4 Å². The first-order valence-corrected chi connectivity index (χ1v) is 4.08. The van der Waals surface area contributed by atoms with Gasteiger partial charge in [0.2, 0.25) is 0 Å². The largest absolute Gasteiger partial charge is 0.464 e. The Hall–Kier alpha value is -1.52. The van der Waals surface area contributed by atoms with Crippen molar-refractivity contribution in [1.29, 1.82) is 0 Å². The number of nitrogen functional groups attached to an aromatic ring is 1. The lowest BCUT2D eigenvalue weighted by molar-refractivity contribution is 0.313. The summed E-state index contributed by atoms with van der Waals surface area (Å²) in [5.74, 6) is 1.16. The van der Waals surface area contributed by atoms with Gasteiger partial charge in [-0.25, -0.2) is 0 Å². The van der Waals surface area contributed by atoms with Crippen molar-refractivity contribution in [2.45, 2.75) is 6.92 Å². The first-order valence-electron chi connectivity index (χ1n) is 4.08. The van der Waals surface area contributed by atoms with Gasteiger partial charge >= 0.3 is 6.01 Å². The summed E-state index contributed by atoms with van der Waals surface area (Å²) < 4.78 is 5.15. The van der Waals surface area contributed by atoms with Crippen molar-refractivity contribution in [3.63, 3.8) is 0 Å². The number of anilines is 2. The summed E-state index contributed by atoms with van der Waals surface area (Å²) >= 11 is 0. The second kappa shape index (κ2) is 3.93. The van der Waals surface area contributed by atoms with Gasteiger partial charge in [-0.1, -0.05) is 0 Å². The number of hydrogen-bond donors (Lipinski definition) is 1. The smallest absolute Gasteiger partial charge is 0.320 e. The highest BCUT2D eigenvalue weighted by Gasteiger charge is 2.03. The van der Waals surface area contributed by atoms with Crippen molar-refractivity contribution in [3.05, 3.63) is 6.07 Å². The number of aromatic nitrogens is 2. The number of ether oxygens (including phenoxy) is 1. The Bertz CT molecular complexity index is 287. The number of nitrogens with zero attached hydrogens (tertiary/aromatic N) is 3. The highest BCUT2D eigenvalue weighted by molar-refractivity contribution is 5.46. The molecule has 0 saturated heterocycles. The Morgan fingerprint density at radius 1 is 1.46 bits per heavy atom. The Morgan fingerprint density at radius 3 is 2.69 bits per heavy atom. The Labute approximate surface area is 77.5 Å². The van der Waals surface area contributed by atoms with Gasteiger partial charge in [-0.2, -0.15) is 9.97 Å². The van der Waals surface area contributed by atoms with Crippen molar-refractivity contribution in [2.75, 3.05) is 31.3 Å². The molecule has 2 N–H and O–H groups in total. The second-order valence-electron chi connectivity index (χ2n) is 2.76. The van der Waals surface area contributed by atoms with Crippen LogP contribution in [0.15, 0.2) is 6.07 Å². The molecule has 0 amide bonds. The summed E-state index contributed by atoms with van der Waals surface area (Å²) in [6.07, 6.45) is 0. The molecule has 72 valence electrons. The van der Waals surface area contributed by atoms with E-state index in [0.717, 1.165) is 5.82 Å². The third-order valence-corrected chi connectivity index (χ3v) is 1.44. The molecule has 0 radical (unpaired) electrons. The van der Waals surface area contributed by atoms with Crippen LogP contribution in [-0.4, -0.2) is 30.7 Å². The van der Waals surface area contributed by atoms with Gasteiger partial charge in [-0.05, 0) is 6.92 Å². The van der Waals surface area contributed by atoms with Crippen LogP contribution in [0, 0.1) is 0 Å². The van der Waals surface area contributed by atoms with Crippen LogP contribution in [0.25, 0.3) is 0 Å². The van der Waals surface area contributed by atoms with E-state index in [-0.39, 0.29) is 0 Å². The van der Waals surface area contributed by atoms with Crippen molar-refractivity contribution in [1.82, 2.24) is 9.97 Å². The quantitative estimate of drug-likeness (QED) is 0.738. The summed E-state index contributed by atoms with van der Waals surface area (Å²) in [5.41, 5.74) is 5.57. The van der Waals surface area contributed by atoms with Crippen molar-refractivity contribution in [2.24, 2.45) is 0 Å². The maximum Gasteiger partial charge on any atom is 0.320 e. The molecule has 0 bridgehead atoms. The van der Waals surface area contributed by atoms with E-state index in [1.807, 2.05) is 25.9 Å². The van der Waals surface area contributed by atoms with Gasteiger partial charge in [0, 0.05) is 20.2 Å². The van der Waals surface area contributed by atoms with Crippen molar-refractivity contribution in [3.8, 4) is 6.01 Å². The Kier molecular flexibility index (Phi) is 2.89. The minimum Gasteiger partial charge on any atom is -0.464 e. The molecule has 0 aliphatic carbocycles. The summed E-state index contributed by atoms with van der Waals surface area (Å²) in [6.45, 7) is 2.41. The lowest BCUT2D eigenvalue weighted by atomic mass is 10.5. The summed E-state index contributed by atoms with van der Waals surface area (Å²) in [6, 6.07) is 2.02. The molecule has 0 aromatic carbocycles. The molecule has 0 saturated carbocycles. The predicted octanol–water partition coefficient (Wildman–Crippen LogP) is 0.523. The summed E-state index contributed by atoms with van der Waals surface area (Å²) in [7, 11) is 3.77. The zero-order valence-electron chi connectivity index (χ0n) is 8.11. The molecule has 0 aliphatic heterocycles. The van der Waals surface area contributed by atoms with Gasteiger partial charge in [0.05, 0.1) is 6.61 Å². The topological polar surface area (TPSA) is 64.3 Å². The van der Waals surface area contributed by atoms with Crippen LogP contribution < -0.4 is 15.4 Å². The van der Waals surface area contributed by atoms with Gasteiger partial charge in [-0.3, -0.25) is 0 Å². The van der Waals surface area contributed by atoms with E-state index in [9.17, 15) is 0 Å². The molecular formula is C8H14N4O. The van der Waals surface area contributed by atoms with Gasteiger partial charge in [0.15, 0.2) is 0 Å². The highest BCUT2D eigenvalue weighted by Crippen LogP contribution is 2.14. The fourth-order valence-electron chi connectivity index (χ4n) is 0.853. The molecule has 1 aromatic heterocycles. The minimum atomic E-state index is 0.325. The van der Waals surface area contributed by atoms with E-state index < -0.39 is 0 Å². The first kappa shape index (κ1) is 9.57. The third-order valence-electron chi connectivity index (χ3n) is 1.44. The van der Waals surface area contributed by atoms with Crippen molar-refractivity contribution >= 4 is 11.6 Å². The van der Waals surface area contributed by atoms with Crippen molar-refractivity contribution < 1.29 is 4.74 Å². The zero-order chi connectivity index (χ0) is 9.84. The first-order chi connectivity index (χ1) is 6.13. The number of rotatable bonds is 3. The van der Waals surface area contributed by atoms with Gasteiger partial charge in [-0.15, -0.1) is 0 Å². The monoisotopic (exact) mass is 182 g/mol. The fourth-order valence-corrected chi connectivity index (χ4v) is 0.853. The molecule has 0 unspecified atom stereocenters. The number of nitrogens with two attached hydrogens (primary N) is 1. The molecule has 5 heteroatoms. The molecule has 5 nitrogen and oxygen atoms in total. The normalized spacial score (nSPS) is 9.77. The molecule has 0 aliphatic rings. The van der Waals surface area contributed by atoms with E-state index in [1.54, 1.807) is 6.07 Å². The van der Waals surface area contributed by atoms with Crippen LogP contribution in [0.4, 0.5) is 11.6 Å². The minimum absolute atomic E-state index is 0.325. The van der Waals surface area contributed by atoms with Crippen LogP contribution >= 0.6 is 0 Å². The fraction of sp³-hybridized carbons (Fsp3) is 0.500. The second-order valence-corrected chi connectivity index (χ2v) is 2.76. The third kappa shape index (κ3) is 2.47. The van der Waals surface area contributed by atoms with Crippen LogP contribution in [0.5, 0.6) is 6.01 Å². The van der Waals surface area contributed by atoms with Gasteiger partial charge in [0.1, 0.15) is 11.6 Å². The maximum atomic E-state index is 5.57. The molecule has 0 fully saturated rings. The molecule has 0 atom stereocenters. The summed E-state index contributed by atoms with van der Waals surface area (Å²) in [5, 5.41) is 0. The van der Waals surface area contributed by atoms with Crippen LogP contribution in [0.1, 0.15) is 6.92 Å². The lowest BCUT2D eigenvalue weighted by Crippen LogP contribution is -2.12. The molecule has 1 rings (SSSR count). The van der Waals surface area contributed by atoms with E-state index >= 15 is 0 Å². The van der Waals surface area contributed by atoms with E-state index in [1.165, 1.54) is 0 Å². The molecule has 1 aromatic rings. The van der Waals surface area contributed by atoms with E-state index in [2.05, 4.69) is 9.97 Å². The van der Waals surface area contributed by atoms with Gasteiger partial charge < -0.3 is 15.4 Å². The molecular weight excluding hydrogens is 168 g/mol. The molecule has 0 spiro atoms. The molecule has 1 heterocycles. The lowest BCUT2D eigenvalue weighted by Gasteiger charge is -2.12. The SMILES string of the molecule is CCOc1nc(N)cc(N(C)C)n1. The van der Waals surface area contributed by atoms with Gasteiger partial charge in [0.25, 0.3) is 0 Å². The Morgan fingerprint density at radius 2 is 2.15 bits per heavy atom.